The van der Waals surface area contributed by atoms with Crippen molar-refractivity contribution in [2.75, 3.05) is 11.1 Å². The molecule has 0 fully saturated rings. The fourth-order valence-electron chi connectivity index (χ4n) is 1.51. The molecule has 0 saturated heterocycles. The number of anilines is 2. The summed E-state index contributed by atoms with van der Waals surface area (Å²) in [6.07, 6.45) is 0. The van der Waals surface area contributed by atoms with Crippen LogP contribution in [0.15, 0.2) is 40.9 Å². The largest absolute Gasteiger partial charge is 0.397 e. The van der Waals surface area contributed by atoms with Crippen LogP contribution in [-0.2, 0) is 0 Å². The summed E-state index contributed by atoms with van der Waals surface area (Å²) in [6, 6.07) is 8.63. The molecule has 0 aliphatic heterocycles. The van der Waals surface area contributed by atoms with E-state index in [4.69, 9.17) is 17.3 Å². The molecule has 0 aliphatic rings. The molecule has 0 aliphatic carbocycles. The Balaban J connectivity index is 2.28. The van der Waals surface area contributed by atoms with E-state index in [1.54, 1.807) is 12.1 Å². The number of nitrogens with one attached hydrogen (secondary N) is 1. The van der Waals surface area contributed by atoms with Crippen LogP contribution in [0.3, 0.4) is 0 Å². The second kappa shape index (κ2) is 5.59. The fraction of sp³-hybridized carbons (Fsp3) is 0. The molecule has 2 rings (SSSR count). The maximum absolute atomic E-state index is 12.9. The first kappa shape index (κ1) is 13.8. The Morgan fingerprint density at radius 2 is 2.00 bits per heavy atom. The van der Waals surface area contributed by atoms with E-state index in [0.717, 1.165) is 6.07 Å². The van der Waals surface area contributed by atoms with E-state index in [2.05, 4.69) is 21.2 Å². The highest BCUT2D eigenvalue weighted by atomic mass is 79.9. The van der Waals surface area contributed by atoms with Gasteiger partial charge in [-0.1, -0.05) is 11.6 Å². The van der Waals surface area contributed by atoms with Gasteiger partial charge in [0.25, 0.3) is 5.91 Å². The van der Waals surface area contributed by atoms with Crippen LogP contribution in [0.4, 0.5) is 15.8 Å². The fourth-order valence-corrected chi connectivity index (χ4v) is 2.11. The molecule has 0 unspecified atom stereocenters. The lowest BCUT2D eigenvalue weighted by molar-refractivity contribution is 0.102. The molecular formula is C13H9BrClFN2O. The van der Waals surface area contributed by atoms with Gasteiger partial charge in [0.15, 0.2) is 0 Å². The van der Waals surface area contributed by atoms with Crippen LogP contribution in [0.5, 0.6) is 0 Å². The van der Waals surface area contributed by atoms with E-state index < -0.39 is 5.82 Å². The molecule has 0 spiro atoms. The lowest BCUT2D eigenvalue weighted by atomic mass is 10.2. The first-order valence-electron chi connectivity index (χ1n) is 5.29. The molecule has 3 N–H and O–H groups in total. The molecule has 0 radical (unpaired) electrons. The number of nitrogen functional groups attached to an aromatic ring is 1. The van der Waals surface area contributed by atoms with Crippen LogP contribution >= 0.6 is 27.5 Å². The number of hydrogen-bond acceptors (Lipinski definition) is 2. The van der Waals surface area contributed by atoms with Gasteiger partial charge in [-0.15, -0.1) is 0 Å². The van der Waals surface area contributed by atoms with Crippen LogP contribution < -0.4 is 11.1 Å². The molecule has 98 valence electrons. The monoisotopic (exact) mass is 342 g/mol. The van der Waals surface area contributed by atoms with E-state index in [0.29, 0.717) is 20.7 Å². The van der Waals surface area contributed by atoms with Crippen molar-refractivity contribution < 1.29 is 9.18 Å². The molecule has 6 heteroatoms. The zero-order chi connectivity index (χ0) is 14.0. The van der Waals surface area contributed by atoms with Gasteiger partial charge in [-0.3, -0.25) is 4.79 Å². The highest BCUT2D eigenvalue weighted by Crippen LogP contribution is 2.24. The average molecular weight is 344 g/mol. The normalized spacial score (nSPS) is 10.3. The number of carbonyl (C=O) groups is 1. The highest BCUT2D eigenvalue weighted by molar-refractivity contribution is 9.10. The first-order valence-corrected chi connectivity index (χ1v) is 6.46. The second-order valence-corrected chi connectivity index (χ2v) is 5.10. The Bertz CT molecular complexity index is 649. The van der Waals surface area contributed by atoms with Crippen molar-refractivity contribution in [3.05, 3.63) is 57.3 Å². The minimum atomic E-state index is -0.459. The number of rotatable bonds is 2. The summed E-state index contributed by atoms with van der Waals surface area (Å²) in [5, 5.41) is 3.05. The minimum Gasteiger partial charge on any atom is -0.397 e. The summed E-state index contributed by atoms with van der Waals surface area (Å²) in [6.45, 7) is 0. The Morgan fingerprint density at radius 3 is 2.68 bits per heavy atom. The van der Waals surface area contributed by atoms with E-state index in [-0.39, 0.29) is 11.6 Å². The molecule has 0 bridgehead atoms. The molecule has 2 aromatic rings. The van der Waals surface area contributed by atoms with Gasteiger partial charge in [-0.25, -0.2) is 4.39 Å². The van der Waals surface area contributed by atoms with Crippen molar-refractivity contribution in [2.24, 2.45) is 0 Å². The Morgan fingerprint density at radius 1 is 1.26 bits per heavy atom. The van der Waals surface area contributed by atoms with Gasteiger partial charge in [0.05, 0.1) is 16.9 Å². The smallest absolute Gasteiger partial charge is 0.256 e. The van der Waals surface area contributed by atoms with E-state index in [1.165, 1.54) is 18.2 Å². The van der Waals surface area contributed by atoms with Crippen molar-refractivity contribution in [1.29, 1.82) is 0 Å². The van der Waals surface area contributed by atoms with Crippen molar-refractivity contribution in [3.63, 3.8) is 0 Å². The zero-order valence-electron chi connectivity index (χ0n) is 9.58. The van der Waals surface area contributed by atoms with Crippen molar-refractivity contribution in [1.82, 2.24) is 0 Å². The van der Waals surface area contributed by atoms with Gasteiger partial charge >= 0.3 is 0 Å². The molecule has 0 aromatic heterocycles. The number of amides is 1. The third-order valence-corrected chi connectivity index (χ3v) is 3.36. The maximum Gasteiger partial charge on any atom is 0.256 e. The van der Waals surface area contributed by atoms with Crippen LogP contribution in [-0.4, -0.2) is 5.91 Å². The zero-order valence-corrected chi connectivity index (χ0v) is 11.9. The molecular weight excluding hydrogens is 335 g/mol. The SMILES string of the molecule is Nc1cc(F)ccc1NC(=O)c1cc(Cl)ccc1Br. The first-order chi connectivity index (χ1) is 8.97. The van der Waals surface area contributed by atoms with Gasteiger partial charge in [0.1, 0.15) is 5.82 Å². The highest BCUT2D eigenvalue weighted by Gasteiger charge is 2.12. The number of nitrogens with two attached hydrogens (primary N) is 1. The summed E-state index contributed by atoms with van der Waals surface area (Å²) >= 11 is 9.10. The van der Waals surface area contributed by atoms with Gasteiger partial charge in [-0.2, -0.15) is 0 Å². The number of halogens is 3. The van der Waals surface area contributed by atoms with Gasteiger partial charge in [0, 0.05) is 9.50 Å². The van der Waals surface area contributed by atoms with Crippen LogP contribution in [0, 0.1) is 5.82 Å². The molecule has 3 nitrogen and oxygen atoms in total. The summed E-state index contributed by atoms with van der Waals surface area (Å²) < 4.78 is 13.5. The van der Waals surface area contributed by atoms with Gasteiger partial charge < -0.3 is 11.1 Å². The van der Waals surface area contributed by atoms with E-state index in [1.807, 2.05) is 0 Å². The molecule has 0 heterocycles. The molecule has 2 aromatic carbocycles. The van der Waals surface area contributed by atoms with Crippen LogP contribution in [0.25, 0.3) is 0 Å². The van der Waals surface area contributed by atoms with E-state index in [9.17, 15) is 9.18 Å². The summed E-state index contributed by atoms with van der Waals surface area (Å²) in [5.74, 6) is -0.841. The number of benzene rings is 2. The molecule has 1 amide bonds. The Kier molecular flexibility index (Phi) is 4.07. The van der Waals surface area contributed by atoms with Gasteiger partial charge in [-0.05, 0) is 52.3 Å². The quantitative estimate of drug-likeness (QED) is 0.807. The number of hydrogen-bond donors (Lipinski definition) is 2. The third kappa shape index (κ3) is 3.24. The molecule has 0 atom stereocenters. The summed E-state index contributed by atoms with van der Waals surface area (Å²) in [5.41, 5.74) is 6.50. The standard InChI is InChI=1S/C13H9BrClFN2O/c14-10-3-1-7(15)5-9(10)13(19)18-12-4-2-8(16)6-11(12)17/h1-6H,17H2,(H,18,19). The molecule has 19 heavy (non-hydrogen) atoms. The van der Waals surface area contributed by atoms with Crippen LogP contribution in [0.1, 0.15) is 10.4 Å². The molecule has 0 saturated carbocycles. The summed E-state index contributed by atoms with van der Waals surface area (Å²) in [4.78, 5) is 12.1. The maximum atomic E-state index is 12.9. The summed E-state index contributed by atoms with van der Waals surface area (Å²) in [7, 11) is 0. The van der Waals surface area contributed by atoms with E-state index >= 15 is 0 Å². The van der Waals surface area contributed by atoms with Crippen LogP contribution in [0.2, 0.25) is 5.02 Å². The average Bonchev–Trinajstić information content (AvgIpc) is 2.35. The predicted octanol–water partition coefficient (Wildman–Crippen LogP) is 4.08. The third-order valence-electron chi connectivity index (χ3n) is 2.43. The predicted molar refractivity (Wildman–Crippen MR) is 77.9 cm³/mol. The lowest BCUT2D eigenvalue weighted by Crippen LogP contribution is -2.14. The topological polar surface area (TPSA) is 55.1 Å². The minimum absolute atomic E-state index is 0.159. The Labute approximate surface area is 122 Å². The van der Waals surface area contributed by atoms with Crippen molar-refractivity contribution in [3.8, 4) is 0 Å². The number of carbonyl (C=O) groups excluding carboxylic acids is 1. The van der Waals surface area contributed by atoms with Crippen molar-refractivity contribution >= 4 is 44.8 Å². The van der Waals surface area contributed by atoms with Crippen molar-refractivity contribution in [2.45, 2.75) is 0 Å². The Hall–Kier alpha value is -1.59. The van der Waals surface area contributed by atoms with Gasteiger partial charge in [0.2, 0.25) is 0 Å². The second-order valence-electron chi connectivity index (χ2n) is 3.81. The lowest BCUT2D eigenvalue weighted by Gasteiger charge is -2.09.